The summed E-state index contributed by atoms with van der Waals surface area (Å²) < 4.78 is 57.0. The Morgan fingerprint density at radius 1 is 1.12 bits per heavy atom. The highest BCUT2D eigenvalue weighted by atomic mass is 32.1. The van der Waals surface area contributed by atoms with Crippen molar-refractivity contribution in [1.29, 1.82) is 5.26 Å². The van der Waals surface area contributed by atoms with Crippen molar-refractivity contribution in [2.45, 2.75) is 81.6 Å². The van der Waals surface area contributed by atoms with Crippen LogP contribution in [-0.4, -0.2) is 108 Å². The number of halogens is 2. The largest absolute Gasteiger partial charge is 0.461 e. The van der Waals surface area contributed by atoms with Gasteiger partial charge in [0.05, 0.1) is 58.5 Å². The first-order valence-corrected chi connectivity index (χ1v) is 19.1. The Morgan fingerprint density at radius 3 is 2.67 bits per heavy atom. The van der Waals surface area contributed by atoms with Crippen LogP contribution < -0.4 is 15.4 Å². The normalized spacial score (nSPS) is 28.5. The van der Waals surface area contributed by atoms with Gasteiger partial charge in [-0.15, -0.1) is 11.3 Å². The Balaban J connectivity index is 1.13. The van der Waals surface area contributed by atoms with Crippen molar-refractivity contribution in [1.82, 2.24) is 24.8 Å². The Morgan fingerprint density at radius 2 is 1.92 bits per heavy atom. The molecule has 2 bridgehead atoms. The lowest BCUT2D eigenvalue weighted by molar-refractivity contribution is -0.0687. The molecule has 4 unspecified atom stereocenters. The highest BCUT2D eigenvalue weighted by Crippen LogP contribution is 2.48. The van der Waals surface area contributed by atoms with E-state index in [0.717, 1.165) is 101 Å². The maximum Gasteiger partial charge on any atom is 0.319 e. The molecular formula is C37H40F2N8O4S. The van der Waals surface area contributed by atoms with Gasteiger partial charge in [0.1, 0.15) is 29.0 Å². The topological polar surface area (TPSA) is 135 Å². The minimum atomic E-state index is -0.629. The summed E-state index contributed by atoms with van der Waals surface area (Å²) in [6.07, 6.45) is 7.46. The molecule has 0 saturated carbocycles. The Labute approximate surface area is 303 Å². The number of fused-ring (bicyclic) bond motifs is 7. The first-order valence-electron chi connectivity index (χ1n) is 18.3. The zero-order valence-electron chi connectivity index (χ0n) is 29.0. The molecule has 0 amide bonds. The second kappa shape index (κ2) is 12.4. The van der Waals surface area contributed by atoms with Crippen molar-refractivity contribution in [3.63, 3.8) is 0 Å². The van der Waals surface area contributed by atoms with Gasteiger partial charge in [-0.25, -0.2) is 8.78 Å². The monoisotopic (exact) mass is 730 g/mol. The molecule has 5 fully saturated rings. The summed E-state index contributed by atoms with van der Waals surface area (Å²) in [5.74, 6) is -0.584. The second-order valence-corrected chi connectivity index (χ2v) is 16.3. The second-order valence-electron chi connectivity index (χ2n) is 15.2. The number of piperazine rings is 1. The number of rotatable bonds is 8. The fourth-order valence-electron chi connectivity index (χ4n) is 9.90. The van der Waals surface area contributed by atoms with Crippen LogP contribution in [0.3, 0.4) is 0 Å². The van der Waals surface area contributed by atoms with Crippen LogP contribution in [0.25, 0.3) is 32.2 Å². The van der Waals surface area contributed by atoms with Crippen molar-refractivity contribution in [2.75, 3.05) is 63.7 Å². The zero-order chi connectivity index (χ0) is 35.3. The number of hydrogen-bond acceptors (Lipinski definition) is 13. The molecule has 12 nitrogen and oxygen atoms in total. The first kappa shape index (κ1) is 32.8. The van der Waals surface area contributed by atoms with Gasteiger partial charge in [-0.1, -0.05) is 0 Å². The number of hydrogen-bond donors (Lipinski definition) is 1. The van der Waals surface area contributed by atoms with Crippen LogP contribution in [0.15, 0.2) is 6.20 Å². The van der Waals surface area contributed by atoms with E-state index >= 15 is 8.78 Å². The van der Waals surface area contributed by atoms with E-state index in [4.69, 9.17) is 34.6 Å². The summed E-state index contributed by atoms with van der Waals surface area (Å²) in [6, 6.07) is 2.57. The third-order valence-corrected chi connectivity index (χ3v) is 13.5. The highest BCUT2D eigenvalue weighted by molar-refractivity contribution is 7.23. The molecule has 52 heavy (non-hydrogen) atoms. The van der Waals surface area contributed by atoms with Gasteiger partial charge in [-0.3, -0.25) is 14.8 Å². The first-order chi connectivity index (χ1) is 25.4. The molecule has 6 aliphatic heterocycles. The number of pyridine rings is 1. The van der Waals surface area contributed by atoms with Crippen molar-refractivity contribution in [2.24, 2.45) is 0 Å². The van der Waals surface area contributed by atoms with E-state index in [9.17, 15) is 5.26 Å². The molecule has 10 rings (SSSR count). The summed E-state index contributed by atoms with van der Waals surface area (Å²) in [6.45, 7) is 6.01. The van der Waals surface area contributed by atoms with Gasteiger partial charge >= 0.3 is 6.01 Å². The molecule has 9 heterocycles. The van der Waals surface area contributed by atoms with E-state index in [1.165, 1.54) is 0 Å². The molecule has 272 valence electrons. The Bertz CT molecular complexity index is 2140. The molecule has 4 aromatic rings. The molecule has 0 spiro atoms. The Kier molecular flexibility index (Phi) is 7.83. The number of nitrogens with zero attached hydrogens (tertiary/aromatic N) is 7. The van der Waals surface area contributed by atoms with Gasteiger partial charge in [0.25, 0.3) is 0 Å². The number of anilines is 2. The number of methoxy groups -OCH3 is 1. The van der Waals surface area contributed by atoms with Crippen LogP contribution in [-0.2, 0) is 27.4 Å². The van der Waals surface area contributed by atoms with E-state index in [2.05, 4.69) is 25.8 Å². The average molecular weight is 731 g/mol. The average Bonchev–Trinajstić information content (AvgIpc) is 3.94. The maximum absolute atomic E-state index is 17.6. The van der Waals surface area contributed by atoms with Gasteiger partial charge < -0.3 is 29.6 Å². The number of nitrogens with two attached hydrogens (primary N) is 1. The van der Waals surface area contributed by atoms with E-state index in [0.29, 0.717) is 23.4 Å². The molecule has 5 atom stereocenters. The van der Waals surface area contributed by atoms with Crippen molar-refractivity contribution < 1.29 is 27.7 Å². The van der Waals surface area contributed by atoms with Crippen LogP contribution in [0.5, 0.6) is 6.01 Å². The number of likely N-dealkylation sites (tertiary alicyclic amines) is 1. The summed E-state index contributed by atoms with van der Waals surface area (Å²) in [5.41, 5.74) is 7.83. The third-order valence-electron chi connectivity index (χ3n) is 12.4. The van der Waals surface area contributed by atoms with Gasteiger partial charge in [0, 0.05) is 62.9 Å². The summed E-state index contributed by atoms with van der Waals surface area (Å²) in [7, 11) is 1.75. The van der Waals surface area contributed by atoms with Gasteiger partial charge in [-0.2, -0.15) is 15.2 Å². The lowest BCUT2D eigenvalue weighted by Crippen LogP contribution is -2.56. The highest BCUT2D eigenvalue weighted by Gasteiger charge is 2.50. The lowest BCUT2D eigenvalue weighted by Gasteiger charge is -2.44. The number of nitriles is 1. The fourth-order valence-corrected chi connectivity index (χ4v) is 10.8. The van der Waals surface area contributed by atoms with E-state index in [1.54, 1.807) is 7.11 Å². The molecular weight excluding hydrogens is 691 g/mol. The van der Waals surface area contributed by atoms with Gasteiger partial charge in [0.2, 0.25) is 0 Å². The van der Waals surface area contributed by atoms with Gasteiger partial charge in [0.15, 0.2) is 11.6 Å². The SMILES string of the molecule is COC1CN2CCCC2(COc2nc(N3C4CCC3CN(C[C@H]3CCO3)C4)c3c4c(c(-c5ncc(F)c6sc(N)c(C#N)c56)c(F)c3n2)COC4)C1. The molecule has 0 aliphatic carbocycles. The van der Waals surface area contributed by atoms with Crippen LogP contribution in [0.2, 0.25) is 0 Å². The van der Waals surface area contributed by atoms with E-state index in [-0.39, 0.29) is 86.5 Å². The molecule has 0 radical (unpaired) electrons. The molecule has 1 aromatic carbocycles. The van der Waals surface area contributed by atoms with Crippen molar-refractivity contribution in [3.05, 3.63) is 34.5 Å². The minimum absolute atomic E-state index is 0.0783. The van der Waals surface area contributed by atoms with Crippen molar-refractivity contribution in [3.8, 4) is 23.3 Å². The van der Waals surface area contributed by atoms with Crippen LogP contribution >= 0.6 is 11.3 Å². The summed E-state index contributed by atoms with van der Waals surface area (Å²) in [5, 5.41) is 11.0. The minimum Gasteiger partial charge on any atom is -0.461 e. The quantitative estimate of drug-likeness (QED) is 0.268. The molecule has 6 aliphatic rings. The number of benzene rings is 1. The van der Waals surface area contributed by atoms with Crippen LogP contribution in [0.4, 0.5) is 19.6 Å². The summed E-state index contributed by atoms with van der Waals surface area (Å²) in [4.78, 5) is 21.7. The van der Waals surface area contributed by atoms with Gasteiger partial charge in [-0.05, 0) is 56.2 Å². The van der Waals surface area contributed by atoms with E-state index < -0.39 is 11.6 Å². The fraction of sp³-hybridized carbons (Fsp3) is 0.568. The van der Waals surface area contributed by atoms with E-state index in [1.807, 2.05) is 0 Å². The number of aromatic nitrogens is 3. The number of ether oxygens (including phenoxy) is 4. The lowest BCUT2D eigenvalue weighted by atomic mass is 9.93. The smallest absolute Gasteiger partial charge is 0.319 e. The molecule has 15 heteroatoms. The predicted molar refractivity (Wildman–Crippen MR) is 190 cm³/mol. The number of nitrogen functional groups attached to an aromatic ring is 1. The van der Waals surface area contributed by atoms with Crippen LogP contribution in [0.1, 0.15) is 55.2 Å². The third kappa shape index (κ3) is 4.95. The molecule has 2 N–H and O–H groups in total. The Hall–Kier alpha value is -3.78. The molecule has 3 aromatic heterocycles. The maximum atomic E-state index is 17.6. The number of thiophene rings is 1. The zero-order valence-corrected chi connectivity index (χ0v) is 29.8. The predicted octanol–water partition coefficient (Wildman–Crippen LogP) is 4.74. The molecule has 5 saturated heterocycles. The van der Waals surface area contributed by atoms with Crippen LogP contribution in [0, 0.1) is 23.0 Å². The summed E-state index contributed by atoms with van der Waals surface area (Å²) >= 11 is 0.958. The van der Waals surface area contributed by atoms with Crippen molar-refractivity contribution >= 4 is 43.1 Å². The standard InChI is InChI=1S/C37H40F2N8O4S/c1-48-22-9-37(6-2-7-46(37)15-22)18-51-36-43-32-29(35(44-36)47-19-3-4-20(47)13-45(12-19)14-21-5-8-50-21)25-17-49-16-24(25)27(30(32)39)31-28-23(10-40)34(41)52-33(28)26(38)11-42-31/h11,19-22H,2-9,12-18,41H2,1H3/t19?,20?,21-,22?,37?/m1/s1.